The van der Waals surface area contributed by atoms with Crippen molar-refractivity contribution in [2.45, 2.75) is 141 Å². The standard InChI is InChI=1S/C36H62N10O13/c1-7-17(4)27(44-32(54)23(15-47)43-29(51)18(5)40-30(52)20(37)10-11-25(38)49)34(56)41-21(14-26(39)50)31(53)45-28(19(6)48)35(57)46-12-8-9-24(46)33(55)42-22(36(58)59)13-16(2)3/h16-24,27-28,47-48H,7-15,37H2,1-6H3,(H2,38,49)(H2,39,50)(H,40,52)(H,41,56)(H,42,55)(H,43,51)(H,44,54)(H,45,53)(H,58,59)/t17-,18-,19+,20-,21-,22-,23-,24-,27-,28-/m0/s1. The van der Waals surface area contributed by atoms with Gasteiger partial charge in [-0.2, -0.15) is 0 Å². The van der Waals surface area contributed by atoms with E-state index < -0.39 is 133 Å². The fraction of sp³-hybridized carbons (Fsp3) is 0.722. The van der Waals surface area contributed by atoms with E-state index in [4.69, 9.17) is 17.2 Å². The molecule has 10 atom stereocenters. The van der Waals surface area contributed by atoms with Crippen LogP contribution < -0.4 is 49.1 Å². The summed E-state index contributed by atoms with van der Waals surface area (Å²) in [4.78, 5) is 129. The largest absolute Gasteiger partial charge is 0.480 e. The van der Waals surface area contributed by atoms with Crippen LogP contribution in [0.4, 0.5) is 0 Å². The third-order valence-corrected chi connectivity index (χ3v) is 9.64. The molecule has 15 N–H and O–H groups in total. The van der Waals surface area contributed by atoms with E-state index in [1.807, 2.05) is 0 Å². The molecule has 1 rings (SSSR count). The van der Waals surface area contributed by atoms with Crippen LogP contribution in [-0.2, 0) is 47.9 Å². The minimum atomic E-state index is -1.75. The Balaban J connectivity index is 3.17. The zero-order valence-electron chi connectivity index (χ0n) is 34.3. The Hall–Kier alpha value is -5.42. The highest BCUT2D eigenvalue weighted by molar-refractivity contribution is 5.99. The molecule has 59 heavy (non-hydrogen) atoms. The highest BCUT2D eigenvalue weighted by atomic mass is 16.4. The molecule has 0 unspecified atom stereocenters. The fourth-order valence-corrected chi connectivity index (χ4v) is 6.02. The van der Waals surface area contributed by atoms with E-state index in [0.717, 1.165) is 4.90 Å². The lowest BCUT2D eigenvalue weighted by atomic mass is 9.97. The lowest BCUT2D eigenvalue weighted by Gasteiger charge is -2.32. The molecule has 0 saturated carbocycles. The second-order valence-electron chi connectivity index (χ2n) is 15.1. The van der Waals surface area contributed by atoms with E-state index in [1.54, 1.807) is 27.7 Å². The molecule has 9 amide bonds. The molecule has 23 nitrogen and oxygen atoms in total. The van der Waals surface area contributed by atoms with Crippen LogP contribution in [0.3, 0.4) is 0 Å². The van der Waals surface area contributed by atoms with Gasteiger partial charge in [0, 0.05) is 13.0 Å². The summed E-state index contributed by atoms with van der Waals surface area (Å²) in [5.74, 6) is -10.3. The maximum absolute atomic E-state index is 13.7. The third kappa shape index (κ3) is 16.8. The van der Waals surface area contributed by atoms with Gasteiger partial charge < -0.3 is 69.3 Å². The predicted molar refractivity (Wildman–Crippen MR) is 208 cm³/mol. The summed E-state index contributed by atoms with van der Waals surface area (Å²) in [6.45, 7) is 8.31. The number of primary amides is 2. The highest BCUT2D eigenvalue weighted by Crippen LogP contribution is 2.20. The Morgan fingerprint density at radius 1 is 0.729 bits per heavy atom. The van der Waals surface area contributed by atoms with Crippen molar-refractivity contribution in [2.75, 3.05) is 13.2 Å². The summed E-state index contributed by atoms with van der Waals surface area (Å²) in [6, 6.07) is -11.3. The average molecular weight is 843 g/mol. The number of carboxylic acid groups (broad SMARTS) is 1. The number of aliphatic hydroxyl groups excluding tert-OH is 2. The molecule has 334 valence electrons. The summed E-state index contributed by atoms with van der Waals surface area (Å²) in [7, 11) is 0. The van der Waals surface area contributed by atoms with Crippen LogP contribution >= 0.6 is 0 Å². The average Bonchev–Trinajstić information content (AvgIpc) is 3.65. The van der Waals surface area contributed by atoms with Crippen LogP contribution in [0.25, 0.3) is 0 Å². The summed E-state index contributed by atoms with van der Waals surface area (Å²) in [6.07, 6.45) is -1.73. The Labute approximate surface area is 342 Å². The van der Waals surface area contributed by atoms with Crippen molar-refractivity contribution in [1.29, 1.82) is 0 Å². The number of aliphatic carboxylic acids is 1. The number of rotatable bonds is 25. The van der Waals surface area contributed by atoms with Crippen LogP contribution in [0, 0.1) is 11.8 Å². The molecule has 0 aromatic carbocycles. The number of hydrogen-bond acceptors (Lipinski definition) is 13. The van der Waals surface area contributed by atoms with Crippen molar-refractivity contribution < 1.29 is 63.3 Å². The van der Waals surface area contributed by atoms with E-state index in [-0.39, 0.29) is 44.6 Å². The molecule has 0 spiro atoms. The van der Waals surface area contributed by atoms with Crippen molar-refractivity contribution in [3.05, 3.63) is 0 Å². The van der Waals surface area contributed by atoms with Gasteiger partial charge in [-0.1, -0.05) is 34.1 Å². The van der Waals surface area contributed by atoms with Crippen molar-refractivity contribution in [3.63, 3.8) is 0 Å². The van der Waals surface area contributed by atoms with Crippen LogP contribution in [-0.4, -0.2) is 147 Å². The Morgan fingerprint density at radius 3 is 1.81 bits per heavy atom. The number of carboxylic acids is 1. The first-order valence-electron chi connectivity index (χ1n) is 19.4. The van der Waals surface area contributed by atoms with Crippen LogP contribution in [0.1, 0.15) is 86.5 Å². The van der Waals surface area contributed by atoms with Gasteiger partial charge in [-0.25, -0.2) is 4.79 Å². The monoisotopic (exact) mass is 842 g/mol. The van der Waals surface area contributed by atoms with E-state index in [1.165, 1.54) is 13.8 Å². The quantitative estimate of drug-likeness (QED) is 0.0409. The fourth-order valence-electron chi connectivity index (χ4n) is 6.02. The van der Waals surface area contributed by atoms with Gasteiger partial charge in [-0.15, -0.1) is 0 Å². The SMILES string of the molecule is CC[C@H](C)[C@H](NC(=O)[C@H](CO)NC(=O)[C@H](C)NC(=O)[C@@H](N)CCC(N)=O)C(=O)N[C@@H](CC(N)=O)C(=O)N[C@H](C(=O)N1CCC[C@H]1C(=O)N[C@@H](CC(C)C)C(=O)O)[C@@H](C)O. The van der Waals surface area contributed by atoms with Gasteiger partial charge in [0.25, 0.3) is 0 Å². The molecule has 1 aliphatic rings. The lowest BCUT2D eigenvalue weighted by Crippen LogP contribution is -2.62. The van der Waals surface area contributed by atoms with Gasteiger partial charge in [0.15, 0.2) is 0 Å². The van der Waals surface area contributed by atoms with Gasteiger partial charge in [0.05, 0.1) is 25.2 Å². The normalized spacial score (nSPS) is 18.3. The second kappa shape index (κ2) is 24.5. The Morgan fingerprint density at radius 2 is 1.31 bits per heavy atom. The molecule has 0 aromatic rings. The first kappa shape index (κ1) is 51.6. The number of carbonyl (C=O) groups excluding carboxylic acids is 9. The molecule has 1 saturated heterocycles. The van der Waals surface area contributed by atoms with Crippen LogP contribution in [0.2, 0.25) is 0 Å². The Bertz CT molecular complexity index is 1540. The number of hydrogen-bond donors (Lipinski definition) is 12. The predicted octanol–water partition coefficient (Wildman–Crippen LogP) is -5.08. The van der Waals surface area contributed by atoms with E-state index in [9.17, 15) is 63.3 Å². The van der Waals surface area contributed by atoms with Gasteiger partial charge in [-0.3, -0.25) is 43.2 Å². The van der Waals surface area contributed by atoms with Crippen molar-refractivity contribution in [2.24, 2.45) is 29.0 Å². The zero-order chi connectivity index (χ0) is 45.3. The van der Waals surface area contributed by atoms with Crippen LogP contribution in [0.15, 0.2) is 0 Å². The van der Waals surface area contributed by atoms with Crippen molar-refractivity contribution in [1.82, 2.24) is 36.8 Å². The van der Waals surface area contributed by atoms with Gasteiger partial charge in [-0.05, 0) is 51.4 Å². The van der Waals surface area contributed by atoms with Crippen LogP contribution in [0.5, 0.6) is 0 Å². The lowest BCUT2D eigenvalue weighted by molar-refractivity contribution is -0.146. The molecule has 0 aromatic heterocycles. The Kier molecular flexibility index (Phi) is 21.4. The third-order valence-electron chi connectivity index (χ3n) is 9.64. The van der Waals surface area contributed by atoms with Gasteiger partial charge in [0.2, 0.25) is 53.2 Å². The smallest absolute Gasteiger partial charge is 0.326 e. The zero-order valence-corrected chi connectivity index (χ0v) is 34.3. The summed E-state index contributed by atoms with van der Waals surface area (Å²) in [5, 5.41) is 44.2. The maximum atomic E-state index is 13.7. The number of likely N-dealkylation sites (tertiary alicyclic amines) is 1. The topological polar surface area (TPSA) is 385 Å². The molecular weight excluding hydrogens is 780 g/mol. The molecule has 1 fully saturated rings. The number of amides is 9. The minimum absolute atomic E-state index is 0.0328. The molecule has 0 bridgehead atoms. The first-order valence-corrected chi connectivity index (χ1v) is 19.4. The molecule has 23 heteroatoms. The van der Waals surface area contributed by atoms with E-state index in [2.05, 4.69) is 31.9 Å². The molecule has 0 radical (unpaired) electrons. The molecule has 1 aliphatic heterocycles. The van der Waals surface area contributed by atoms with E-state index in [0.29, 0.717) is 6.42 Å². The molecular formula is C36H62N10O13. The first-order chi connectivity index (χ1) is 27.4. The number of nitrogens with one attached hydrogen (secondary N) is 6. The molecule has 0 aliphatic carbocycles. The van der Waals surface area contributed by atoms with Gasteiger partial charge >= 0.3 is 5.97 Å². The number of aliphatic hydroxyl groups is 2. The maximum Gasteiger partial charge on any atom is 0.326 e. The summed E-state index contributed by atoms with van der Waals surface area (Å²) < 4.78 is 0. The number of carbonyl (C=O) groups is 10. The summed E-state index contributed by atoms with van der Waals surface area (Å²) >= 11 is 0. The number of nitrogens with zero attached hydrogens (tertiary/aromatic N) is 1. The summed E-state index contributed by atoms with van der Waals surface area (Å²) in [5.41, 5.74) is 16.2. The second-order valence-corrected chi connectivity index (χ2v) is 15.1. The minimum Gasteiger partial charge on any atom is -0.480 e. The van der Waals surface area contributed by atoms with Gasteiger partial charge in [0.1, 0.15) is 42.3 Å². The van der Waals surface area contributed by atoms with Crippen molar-refractivity contribution in [3.8, 4) is 0 Å². The highest BCUT2D eigenvalue weighted by Gasteiger charge is 2.41. The number of nitrogens with two attached hydrogens (primary N) is 3. The van der Waals surface area contributed by atoms with E-state index >= 15 is 0 Å². The molecule has 1 heterocycles. The van der Waals surface area contributed by atoms with Crippen molar-refractivity contribution >= 4 is 59.1 Å².